The predicted octanol–water partition coefficient (Wildman–Crippen LogP) is 2.94. The first kappa shape index (κ1) is 19.4. The van der Waals surface area contributed by atoms with E-state index in [0.717, 1.165) is 22.3 Å². The minimum absolute atomic E-state index is 0.0364. The molecule has 3 rings (SSSR count). The predicted molar refractivity (Wildman–Crippen MR) is 107 cm³/mol. The number of primary amides is 1. The minimum Gasteiger partial charge on any atom is -0.368 e. The summed E-state index contributed by atoms with van der Waals surface area (Å²) >= 11 is 5.94. The summed E-state index contributed by atoms with van der Waals surface area (Å²) in [4.78, 5) is 28.8. The van der Waals surface area contributed by atoms with Crippen molar-refractivity contribution in [3.8, 4) is 0 Å². The van der Waals surface area contributed by atoms with Gasteiger partial charge in [-0.2, -0.15) is 0 Å². The zero-order valence-electron chi connectivity index (χ0n) is 15.6. The summed E-state index contributed by atoms with van der Waals surface area (Å²) in [6.45, 7) is 6.27. The molecule has 2 aromatic rings. The van der Waals surface area contributed by atoms with E-state index in [4.69, 9.17) is 17.3 Å². The molecule has 2 amide bonds. The summed E-state index contributed by atoms with van der Waals surface area (Å²) in [5.74, 6) is -0.360. The fourth-order valence-electron chi connectivity index (χ4n) is 3.61. The maximum absolute atomic E-state index is 12.9. The number of rotatable bonds is 4. The molecular weight excluding hydrogens is 362 g/mol. The van der Waals surface area contributed by atoms with Crippen molar-refractivity contribution in [2.45, 2.75) is 19.9 Å². The van der Waals surface area contributed by atoms with Gasteiger partial charge in [-0.3, -0.25) is 14.5 Å². The lowest BCUT2D eigenvalue weighted by molar-refractivity contribution is -0.124. The quantitative estimate of drug-likeness (QED) is 0.879. The number of carbonyl (C=O) groups excluding carboxylic acids is 2. The van der Waals surface area contributed by atoms with Gasteiger partial charge < -0.3 is 10.6 Å². The Balaban J connectivity index is 1.70. The van der Waals surface area contributed by atoms with Crippen molar-refractivity contribution in [2.24, 2.45) is 5.73 Å². The van der Waals surface area contributed by atoms with Gasteiger partial charge >= 0.3 is 0 Å². The average Bonchev–Trinajstić information content (AvgIpc) is 2.63. The first-order valence-corrected chi connectivity index (χ1v) is 9.40. The second-order valence-corrected chi connectivity index (χ2v) is 7.44. The number of benzene rings is 2. The van der Waals surface area contributed by atoms with E-state index in [1.165, 1.54) is 0 Å². The number of carbonyl (C=O) groups is 2. The zero-order valence-corrected chi connectivity index (χ0v) is 16.4. The normalized spacial score (nSPS) is 16.2. The van der Waals surface area contributed by atoms with Gasteiger partial charge in [-0.25, -0.2) is 0 Å². The number of hydrogen-bond acceptors (Lipinski definition) is 3. The molecule has 0 bridgehead atoms. The van der Waals surface area contributed by atoms with Crippen LogP contribution in [0.4, 0.5) is 0 Å². The summed E-state index contributed by atoms with van der Waals surface area (Å²) in [7, 11) is 0. The lowest BCUT2D eigenvalue weighted by Gasteiger charge is -2.38. The molecule has 2 N–H and O–H groups in total. The van der Waals surface area contributed by atoms with E-state index in [1.54, 1.807) is 12.1 Å². The fourth-order valence-corrected chi connectivity index (χ4v) is 3.73. The Kier molecular flexibility index (Phi) is 5.82. The molecule has 0 spiro atoms. The van der Waals surface area contributed by atoms with Gasteiger partial charge in [-0.1, -0.05) is 41.4 Å². The number of aryl methyl sites for hydroxylation is 2. The van der Waals surface area contributed by atoms with E-state index in [9.17, 15) is 9.59 Å². The highest BCUT2D eigenvalue weighted by Gasteiger charge is 2.30. The molecule has 6 heteroatoms. The Hall–Kier alpha value is -2.37. The molecule has 5 nitrogen and oxygen atoms in total. The van der Waals surface area contributed by atoms with Gasteiger partial charge in [0.05, 0.1) is 0 Å². The van der Waals surface area contributed by atoms with Crippen molar-refractivity contribution in [3.05, 3.63) is 69.7 Å². The zero-order chi connectivity index (χ0) is 19.6. The molecule has 1 unspecified atom stereocenters. The Bertz CT molecular complexity index is 843. The molecule has 1 fully saturated rings. The van der Waals surface area contributed by atoms with Gasteiger partial charge in [-0.15, -0.1) is 0 Å². The number of amides is 2. The van der Waals surface area contributed by atoms with Crippen molar-refractivity contribution in [1.82, 2.24) is 9.80 Å². The van der Waals surface area contributed by atoms with Crippen molar-refractivity contribution < 1.29 is 9.59 Å². The number of hydrogen-bond donors (Lipinski definition) is 1. The fraction of sp³-hybridized carbons (Fsp3) is 0.333. The van der Waals surface area contributed by atoms with Crippen LogP contribution in [0, 0.1) is 13.8 Å². The van der Waals surface area contributed by atoms with Crippen molar-refractivity contribution in [1.29, 1.82) is 0 Å². The van der Waals surface area contributed by atoms with Crippen LogP contribution in [-0.4, -0.2) is 47.8 Å². The third-order valence-corrected chi connectivity index (χ3v) is 5.29. The monoisotopic (exact) mass is 385 g/mol. The molecule has 1 atom stereocenters. The largest absolute Gasteiger partial charge is 0.368 e. The summed E-state index contributed by atoms with van der Waals surface area (Å²) in [5.41, 5.74) is 9.34. The Morgan fingerprint density at radius 2 is 1.63 bits per heavy atom. The Morgan fingerprint density at radius 1 is 1.00 bits per heavy atom. The lowest BCUT2D eigenvalue weighted by atomic mass is 10.0. The van der Waals surface area contributed by atoms with Gasteiger partial charge in [0.25, 0.3) is 5.91 Å². The van der Waals surface area contributed by atoms with Crippen LogP contribution in [0.5, 0.6) is 0 Å². The van der Waals surface area contributed by atoms with Crippen LogP contribution in [0.1, 0.15) is 33.1 Å². The van der Waals surface area contributed by atoms with Crippen LogP contribution in [0.2, 0.25) is 5.02 Å². The van der Waals surface area contributed by atoms with E-state index in [0.29, 0.717) is 31.2 Å². The van der Waals surface area contributed by atoms with Crippen molar-refractivity contribution in [3.63, 3.8) is 0 Å². The maximum Gasteiger partial charge on any atom is 0.254 e. The Morgan fingerprint density at radius 3 is 2.19 bits per heavy atom. The number of nitrogens with two attached hydrogens (primary N) is 1. The smallest absolute Gasteiger partial charge is 0.254 e. The highest BCUT2D eigenvalue weighted by molar-refractivity contribution is 6.30. The molecule has 0 saturated carbocycles. The molecule has 1 heterocycles. The summed E-state index contributed by atoms with van der Waals surface area (Å²) < 4.78 is 0. The van der Waals surface area contributed by atoms with E-state index in [-0.39, 0.29) is 5.91 Å². The van der Waals surface area contributed by atoms with Crippen LogP contribution >= 0.6 is 11.6 Å². The van der Waals surface area contributed by atoms with Gasteiger partial charge in [0, 0.05) is 36.8 Å². The van der Waals surface area contributed by atoms with Crippen LogP contribution < -0.4 is 5.73 Å². The molecule has 27 heavy (non-hydrogen) atoms. The highest BCUT2D eigenvalue weighted by atomic mass is 35.5. The first-order chi connectivity index (χ1) is 12.9. The molecule has 0 radical (unpaired) electrons. The highest BCUT2D eigenvalue weighted by Crippen LogP contribution is 2.24. The van der Waals surface area contributed by atoms with Crippen molar-refractivity contribution in [2.75, 3.05) is 26.2 Å². The third-order valence-electron chi connectivity index (χ3n) is 5.03. The van der Waals surface area contributed by atoms with E-state index in [1.807, 2.05) is 54.0 Å². The minimum atomic E-state index is -0.513. The molecule has 1 aliphatic heterocycles. The summed E-state index contributed by atoms with van der Waals surface area (Å²) in [6, 6.07) is 12.5. The number of halogens is 1. The number of nitrogens with zero attached hydrogens (tertiary/aromatic N) is 2. The Labute approximate surface area is 164 Å². The van der Waals surface area contributed by atoms with Crippen LogP contribution in [0.3, 0.4) is 0 Å². The molecule has 2 aromatic carbocycles. The van der Waals surface area contributed by atoms with E-state index >= 15 is 0 Å². The molecule has 0 aliphatic carbocycles. The standard InChI is InChI=1S/C21H24ClN3O2/c1-14-3-8-18(15(2)13-14)21(27)25-11-9-24(10-12-25)19(20(23)26)16-4-6-17(22)7-5-16/h3-8,13,19H,9-12H2,1-2H3,(H2,23,26). The average molecular weight is 386 g/mol. The van der Waals surface area contributed by atoms with Crippen LogP contribution in [-0.2, 0) is 4.79 Å². The number of piperazine rings is 1. The van der Waals surface area contributed by atoms with E-state index < -0.39 is 11.9 Å². The SMILES string of the molecule is Cc1ccc(C(=O)N2CCN(C(C(N)=O)c3ccc(Cl)cc3)CC2)c(C)c1. The van der Waals surface area contributed by atoms with Gasteiger partial charge in [0.15, 0.2) is 0 Å². The molecule has 1 aliphatic rings. The second-order valence-electron chi connectivity index (χ2n) is 7.00. The molecule has 142 valence electrons. The van der Waals surface area contributed by atoms with Crippen LogP contribution in [0.15, 0.2) is 42.5 Å². The summed E-state index contributed by atoms with van der Waals surface area (Å²) in [6.07, 6.45) is 0. The maximum atomic E-state index is 12.9. The van der Waals surface area contributed by atoms with E-state index in [2.05, 4.69) is 0 Å². The topological polar surface area (TPSA) is 66.6 Å². The molecule has 0 aromatic heterocycles. The molecular formula is C21H24ClN3O2. The summed E-state index contributed by atoms with van der Waals surface area (Å²) in [5, 5.41) is 0.617. The lowest BCUT2D eigenvalue weighted by Crippen LogP contribution is -2.52. The van der Waals surface area contributed by atoms with Gasteiger partial charge in [0.2, 0.25) is 5.91 Å². The van der Waals surface area contributed by atoms with Crippen LogP contribution in [0.25, 0.3) is 0 Å². The third kappa shape index (κ3) is 4.31. The first-order valence-electron chi connectivity index (χ1n) is 9.02. The molecule has 1 saturated heterocycles. The van der Waals surface area contributed by atoms with Gasteiger partial charge in [0.1, 0.15) is 6.04 Å². The second kappa shape index (κ2) is 8.11. The van der Waals surface area contributed by atoms with Gasteiger partial charge in [-0.05, 0) is 43.2 Å². The van der Waals surface area contributed by atoms with Crippen molar-refractivity contribution >= 4 is 23.4 Å².